The third kappa shape index (κ3) is 2.95. The van der Waals surface area contributed by atoms with Crippen LogP contribution in [0.3, 0.4) is 0 Å². The topological polar surface area (TPSA) is 28.0 Å². The quantitative estimate of drug-likeness (QED) is 0.603. The monoisotopic (exact) mass is 405 g/mol. The van der Waals surface area contributed by atoms with Crippen LogP contribution in [-0.2, 0) is 0 Å². The lowest BCUT2D eigenvalue weighted by Crippen LogP contribution is -2.39. The first kappa shape index (κ1) is 18.1. The number of hydrogen-bond acceptors (Lipinski definition) is 3. The summed E-state index contributed by atoms with van der Waals surface area (Å²) in [4.78, 5) is 11.1. The van der Waals surface area contributed by atoms with Crippen molar-refractivity contribution < 1.29 is 8.78 Å². The maximum Gasteiger partial charge on any atom is 0.135 e. The fraction of sp³-hybridized carbons (Fsp3) is 0.200. The van der Waals surface area contributed by atoms with E-state index in [1.807, 2.05) is 18.7 Å². The first-order valence-electron chi connectivity index (χ1n) is 8.40. The van der Waals surface area contributed by atoms with E-state index in [4.69, 9.17) is 23.2 Å². The van der Waals surface area contributed by atoms with E-state index in [2.05, 4.69) is 9.98 Å². The zero-order valence-corrected chi connectivity index (χ0v) is 16.1. The van der Waals surface area contributed by atoms with Gasteiger partial charge in [-0.3, -0.25) is 4.99 Å². The number of benzene rings is 2. The Labute approximate surface area is 165 Å². The van der Waals surface area contributed by atoms with E-state index in [0.29, 0.717) is 23.6 Å². The molecule has 0 saturated carbocycles. The minimum atomic E-state index is -0.709. The van der Waals surface area contributed by atoms with E-state index in [1.165, 1.54) is 18.2 Å². The molecule has 7 heteroatoms. The molecule has 2 heterocycles. The van der Waals surface area contributed by atoms with Crippen molar-refractivity contribution in [3.63, 3.8) is 0 Å². The average molecular weight is 406 g/mol. The highest BCUT2D eigenvalue weighted by atomic mass is 35.5. The molecule has 1 atom stereocenters. The van der Waals surface area contributed by atoms with Crippen molar-refractivity contribution in [2.24, 2.45) is 9.98 Å². The van der Waals surface area contributed by atoms with Crippen LogP contribution in [0.1, 0.15) is 25.0 Å². The number of aliphatic imine (C=N–C) groups is 2. The molecule has 27 heavy (non-hydrogen) atoms. The Morgan fingerprint density at radius 2 is 1.78 bits per heavy atom. The molecule has 0 aliphatic carbocycles. The Bertz CT molecular complexity index is 1020. The Balaban J connectivity index is 2.07. The van der Waals surface area contributed by atoms with Crippen molar-refractivity contribution in [2.45, 2.75) is 19.9 Å². The van der Waals surface area contributed by atoms with Crippen molar-refractivity contribution in [1.29, 1.82) is 0 Å². The second-order valence-electron chi connectivity index (χ2n) is 6.55. The molecule has 0 aromatic heterocycles. The lowest BCUT2D eigenvalue weighted by Gasteiger charge is -2.30. The van der Waals surface area contributed by atoms with Crippen molar-refractivity contribution in [1.82, 2.24) is 0 Å². The first-order chi connectivity index (χ1) is 12.9. The van der Waals surface area contributed by atoms with Gasteiger partial charge in [-0.1, -0.05) is 29.3 Å². The molecule has 2 aromatic rings. The number of nitrogens with zero attached hydrogens (tertiary/aromatic N) is 3. The highest BCUT2D eigenvalue weighted by Crippen LogP contribution is 2.39. The Kier molecular flexibility index (Phi) is 4.52. The van der Waals surface area contributed by atoms with Gasteiger partial charge < -0.3 is 4.90 Å². The van der Waals surface area contributed by atoms with Crippen LogP contribution in [0.5, 0.6) is 0 Å². The summed E-state index contributed by atoms with van der Waals surface area (Å²) < 4.78 is 29.2. The minimum absolute atomic E-state index is 0.135. The van der Waals surface area contributed by atoms with Gasteiger partial charge in [0.15, 0.2) is 0 Å². The van der Waals surface area contributed by atoms with Crippen LogP contribution >= 0.6 is 23.2 Å². The summed E-state index contributed by atoms with van der Waals surface area (Å²) in [5.74, 6) is -0.731. The summed E-state index contributed by atoms with van der Waals surface area (Å²) in [6.07, 6.45) is 1.78. The predicted molar refractivity (Wildman–Crippen MR) is 106 cm³/mol. The molecule has 0 unspecified atom stereocenters. The summed E-state index contributed by atoms with van der Waals surface area (Å²) in [7, 11) is 0. The lowest BCUT2D eigenvalue weighted by atomic mass is 9.98. The largest absolute Gasteiger partial charge is 0.323 e. The number of fused-ring (bicyclic) bond motifs is 3. The summed E-state index contributed by atoms with van der Waals surface area (Å²) in [5, 5.41) is 0.494. The fourth-order valence-electron chi connectivity index (χ4n) is 3.38. The van der Waals surface area contributed by atoms with E-state index >= 15 is 0 Å². The molecule has 4 rings (SSSR count). The summed E-state index contributed by atoms with van der Waals surface area (Å²) >= 11 is 12.7. The zero-order chi connectivity index (χ0) is 19.3. The second-order valence-corrected chi connectivity index (χ2v) is 7.34. The average Bonchev–Trinajstić information content (AvgIpc) is 2.73. The molecule has 0 amide bonds. The minimum Gasteiger partial charge on any atom is -0.323 e. The number of anilines is 1. The van der Waals surface area contributed by atoms with Gasteiger partial charge in [-0.2, -0.15) is 0 Å². The third-order valence-corrected chi connectivity index (χ3v) is 5.40. The number of halogens is 4. The van der Waals surface area contributed by atoms with Gasteiger partial charge >= 0.3 is 0 Å². The maximum atomic E-state index is 14.6. The van der Waals surface area contributed by atoms with E-state index in [9.17, 15) is 8.78 Å². The SMILES string of the molecule is CC1=CN=C2[C@H](C)N=C(c3c(F)cccc3F)c3c(ccc(Cl)c3Cl)N2C1. The van der Waals surface area contributed by atoms with Gasteiger partial charge in [0.05, 0.1) is 27.0 Å². The highest BCUT2D eigenvalue weighted by molar-refractivity contribution is 6.45. The van der Waals surface area contributed by atoms with Crippen LogP contribution in [-0.4, -0.2) is 24.1 Å². The Hall–Kier alpha value is -2.24. The standard InChI is InChI=1S/C20H15Cl2F2N3/c1-10-8-25-20-11(2)26-19(16-13(23)4-3-5-14(16)24)17-15(27(20)9-10)7-6-12(21)18(17)22/h3-8,11H,9H2,1-2H3/t11-/m0/s1. The Morgan fingerprint density at radius 1 is 1.07 bits per heavy atom. The molecule has 138 valence electrons. The fourth-order valence-corrected chi connectivity index (χ4v) is 3.79. The van der Waals surface area contributed by atoms with E-state index < -0.39 is 17.7 Å². The zero-order valence-electron chi connectivity index (χ0n) is 14.6. The molecular formula is C20H15Cl2F2N3. The van der Waals surface area contributed by atoms with Crippen LogP contribution in [0.15, 0.2) is 52.1 Å². The van der Waals surface area contributed by atoms with Crippen molar-refractivity contribution in [2.75, 3.05) is 11.4 Å². The summed E-state index contributed by atoms with van der Waals surface area (Å²) in [6.45, 7) is 4.38. The van der Waals surface area contributed by atoms with Crippen molar-refractivity contribution in [3.8, 4) is 0 Å². The summed E-state index contributed by atoms with van der Waals surface area (Å²) in [6, 6.07) is 6.74. The van der Waals surface area contributed by atoms with Crippen LogP contribution in [0, 0.1) is 11.6 Å². The van der Waals surface area contributed by atoms with E-state index in [-0.39, 0.29) is 21.3 Å². The molecule has 3 nitrogen and oxygen atoms in total. The molecule has 0 spiro atoms. The number of amidine groups is 1. The van der Waals surface area contributed by atoms with Gasteiger partial charge in [0, 0.05) is 18.3 Å². The molecule has 2 aromatic carbocycles. The van der Waals surface area contributed by atoms with E-state index in [0.717, 1.165) is 5.57 Å². The van der Waals surface area contributed by atoms with Crippen molar-refractivity contribution >= 4 is 40.4 Å². The van der Waals surface area contributed by atoms with Gasteiger partial charge in [-0.25, -0.2) is 13.8 Å². The van der Waals surface area contributed by atoms with Crippen LogP contribution < -0.4 is 4.90 Å². The highest BCUT2D eigenvalue weighted by Gasteiger charge is 2.33. The van der Waals surface area contributed by atoms with Gasteiger partial charge in [-0.15, -0.1) is 0 Å². The normalized spacial score (nSPS) is 18.8. The van der Waals surface area contributed by atoms with Crippen LogP contribution in [0.25, 0.3) is 0 Å². The first-order valence-corrected chi connectivity index (χ1v) is 9.15. The Morgan fingerprint density at radius 3 is 2.48 bits per heavy atom. The molecule has 0 saturated heterocycles. The lowest BCUT2D eigenvalue weighted by molar-refractivity contribution is 0.579. The molecule has 2 aliphatic heterocycles. The van der Waals surface area contributed by atoms with Crippen LogP contribution in [0.2, 0.25) is 10.0 Å². The third-order valence-electron chi connectivity index (χ3n) is 4.60. The molecule has 0 N–H and O–H groups in total. The summed E-state index contributed by atoms with van der Waals surface area (Å²) in [5.41, 5.74) is 2.03. The smallest absolute Gasteiger partial charge is 0.135 e. The van der Waals surface area contributed by atoms with Gasteiger partial charge in [0.1, 0.15) is 23.5 Å². The molecule has 0 radical (unpaired) electrons. The maximum absolute atomic E-state index is 14.6. The van der Waals surface area contributed by atoms with Gasteiger partial charge in [0.25, 0.3) is 0 Å². The van der Waals surface area contributed by atoms with Gasteiger partial charge in [0.2, 0.25) is 0 Å². The van der Waals surface area contributed by atoms with Gasteiger partial charge in [-0.05, 0) is 43.7 Å². The van der Waals surface area contributed by atoms with Crippen LogP contribution in [0.4, 0.5) is 14.5 Å². The molecule has 0 bridgehead atoms. The molecular weight excluding hydrogens is 391 g/mol. The number of rotatable bonds is 1. The second kappa shape index (κ2) is 6.73. The molecule has 0 fully saturated rings. The predicted octanol–water partition coefficient (Wildman–Crippen LogP) is 5.63. The van der Waals surface area contributed by atoms with E-state index in [1.54, 1.807) is 18.3 Å². The number of hydrogen-bond donors (Lipinski definition) is 0. The van der Waals surface area contributed by atoms with Crippen molar-refractivity contribution in [3.05, 3.63) is 74.9 Å². The molecule has 2 aliphatic rings.